The summed E-state index contributed by atoms with van der Waals surface area (Å²) in [5.41, 5.74) is 0. The molecular weight excluding hydrogens is 310 g/mol. The van der Waals surface area contributed by atoms with Crippen LogP contribution in [0.3, 0.4) is 0 Å². The number of nitrogens with zero attached hydrogens (tertiary/aromatic N) is 2. The van der Waals surface area contributed by atoms with Crippen molar-refractivity contribution < 1.29 is 22.8 Å². The summed E-state index contributed by atoms with van der Waals surface area (Å²) >= 11 is 0. The maximum absolute atomic E-state index is 12.5. The molecule has 0 aliphatic carbocycles. The van der Waals surface area contributed by atoms with Gasteiger partial charge in [0.05, 0.1) is 26.0 Å². The fraction of sp³-hybridized carbons (Fsp3) is 0.923. The third kappa shape index (κ3) is 9.19. The largest absolute Gasteiger partial charge is 0.383 e. The van der Waals surface area contributed by atoms with Crippen LogP contribution in [-0.2, 0) is 19.6 Å². The van der Waals surface area contributed by atoms with E-state index in [1.54, 1.807) is 12.0 Å². The fourth-order valence-corrected chi connectivity index (χ4v) is 2.16. The Morgan fingerprint density at radius 2 is 1.86 bits per heavy atom. The lowest BCUT2D eigenvalue weighted by atomic mass is 10.3. The Balaban J connectivity index is 4.58. The Hall–Kier alpha value is -0.900. The highest BCUT2D eigenvalue weighted by Crippen LogP contribution is 2.06. The average Bonchev–Trinajstić information content (AvgIpc) is 2.41. The molecule has 0 atom stereocenters. The van der Waals surface area contributed by atoms with Crippen molar-refractivity contribution >= 4 is 16.1 Å². The van der Waals surface area contributed by atoms with E-state index in [2.05, 4.69) is 4.72 Å². The van der Waals surface area contributed by atoms with Crippen LogP contribution in [-0.4, -0.2) is 76.7 Å². The highest BCUT2D eigenvalue weighted by atomic mass is 32.2. The zero-order valence-corrected chi connectivity index (χ0v) is 15.0. The first-order chi connectivity index (χ1) is 10.2. The molecule has 0 aromatic rings. The van der Waals surface area contributed by atoms with E-state index in [1.165, 1.54) is 5.06 Å². The number of rotatable bonds is 11. The fourth-order valence-electron chi connectivity index (χ4n) is 1.71. The summed E-state index contributed by atoms with van der Waals surface area (Å²) in [4.78, 5) is 19.6. The summed E-state index contributed by atoms with van der Waals surface area (Å²) in [6, 6.07) is -0.229. The van der Waals surface area contributed by atoms with Crippen molar-refractivity contribution in [2.45, 2.75) is 33.2 Å². The zero-order valence-electron chi connectivity index (χ0n) is 14.2. The van der Waals surface area contributed by atoms with Crippen LogP contribution in [0.2, 0.25) is 0 Å². The maximum Gasteiger partial charge on any atom is 0.344 e. The number of hydroxylamine groups is 2. The van der Waals surface area contributed by atoms with Gasteiger partial charge in [0.25, 0.3) is 0 Å². The second kappa shape index (κ2) is 10.8. The Labute approximate surface area is 133 Å². The van der Waals surface area contributed by atoms with Gasteiger partial charge in [-0.3, -0.25) is 4.84 Å². The molecule has 9 heteroatoms. The maximum atomic E-state index is 12.5. The smallest absolute Gasteiger partial charge is 0.344 e. The van der Waals surface area contributed by atoms with Crippen molar-refractivity contribution in [2.24, 2.45) is 0 Å². The van der Waals surface area contributed by atoms with Crippen LogP contribution in [0.4, 0.5) is 4.79 Å². The van der Waals surface area contributed by atoms with Crippen molar-refractivity contribution in [3.63, 3.8) is 0 Å². The van der Waals surface area contributed by atoms with Crippen molar-refractivity contribution in [2.75, 3.05) is 46.2 Å². The number of methoxy groups -OCH3 is 1. The van der Waals surface area contributed by atoms with E-state index in [4.69, 9.17) is 9.57 Å². The van der Waals surface area contributed by atoms with Crippen LogP contribution < -0.4 is 4.72 Å². The molecule has 0 aromatic carbocycles. The van der Waals surface area contributed by atoms with Gasteiger partial charge in [-0.05, 0) is 20.3 Å². The van der Waals surface area contributed by atoms with E-state index < -0.39 is 10.0 Å². The van der Waals surface area contributed by atoms with Gasteiger partial charge in [0.2, 0.25) is 10.0 Å². The minimum atomic E-state index is -3.26. The first-order valence-electron chi connectivity index (χ1n) is 7.37. The monoisotopic (exact) mass is 339 g/mol. The van der Waals surface area contributed by atoms with Crippen molar-refractivity contribution in [1.82, 2.24) is 14.7 Å². The lowest BCUT2D eigenvalue weighted by molar-refractivity contribution is -0.125. The summed E-state index contributed by atoms with van der Waals surface area (Å²) < 4.78 is 29.3. The number of amides is 2. The van der Waals surface area contributed by atoms with Crippen molar-refractivity contribution in [1.29, 1.82) is 0 Å². The number of sulfonamides is 1. The van der Waals surface area contributed by atoms with Gasteiger partial charge in [-0.15, -0.1) is 0 Å². The topological polar surface area (TPSA) is 88.2 Å². The zero-order chi connectivity index (χ0) is 17.2. The van der Waals surface area contributed by atoms with E-state index in [0.717, 1.165) is 12.7 Å². The van der Waals surface area contributed by atoms with Crippen LogP contribution in [0.15, 0.2) is 0 Å². The SMILES string of the molecule is CCCN(OCCNS(C)(=O)=O)C(=O)N(CCOC)C(C)C. The van der Waals surface area contributed by atoms with Crippen LogP contribution in [0.5, 0.6) is 0 Å². The molecule has 8 nitrogen and oxygen atoms in total. The number of nitrogens with one attached hydrogen (secondary N) is 1. The van der Waals surface area contributed by atoms with Crippen LogP contribution in [0, 0.1) is 0 Å². The summed E-state index contributed by atoms with van der Waals surface area (Å²) in [7, 11) is -1.67. The summed E-state index contributed by atoms with van der Waals surface area (Å²) in [6.45, 7) is 7.34. The molecule has 0 aliphatic heterocycles. The molecule has 0 rings (SSSR count). The van der Waals surface area contributed by atoms with Gasteiger partial charge in [-0.2, -0.15) is 0 Å². The van der Waals surface area contributed by atoms with E-state index in [0.29, 0.717) is 19.7 Å². The number of urea groups is 1. The molecular formula is C13H29N3O5S. The Bertz CT molecular complexity index is 414. The molecule has 132 valence electrons. The lowest BCUT2D eigenvalue weighted by Crippen LogP contribution is -2.48. The van der Waals surface area contributed by atoms with Gasteiger partial charge in [-0.25, -0.2) is 23.0 Å². The molecule has 0 spiro atoms. The van der Waals surface area contributed by atoms with E-state index >= 15 is 0 Å². The first kappa shape index (κ1) is 21.1. The van der Waals surface area contributed by atoms with Gasteiger partial charge in [0, 0.05) is 26.2 Å². The molecule has 0 fully saturated rings. The average molecular weight is 339 g/mol. The molecule has 0 aromatic heterocycles. The molecule has 0 unspecified atom stereocenters. The first-order valence-corrected chi connectivity index (χ1v) is 9.26. The van der Waals surface area contributed by atoms with E-state index in [-0.39, 0.29) is 25.2 Å². The number of hydrogen-bond donors (Lipinski definition) is 1. The molecule has 0 heterocycles. The number of ether oxygens (including phenoxy) is 1. The quantitative estimate of drug-likeness (QED) is 0.441. The standard InChI is InChI=1S/C13H29N3O5S/c1-6-8-16(21-10-7-14-22(5,18)19)13(17)15(12(2)3)9-11-20-4/h12,14H,6-11H2,1-5H3. The normalized spacial score (nSPS) is 11.7. The third-order valence-electron chi connectivity index (χ3n) is 2.76. The molecule has 2 amide bonds. The molecule has 1 N–H and O–H groups in total. The highest BCUT2D eigenvalue weighted by molar-refractivity contribution is 7.88. The predicted octanol–water partition coefficient (Wildman–Crippen LogP) is 0.656. The molecule has 0 aliphatic rings. The lowest BCUT2D eigenvalue weighted by Gasteiger charge is -2.32. The summed E-state index contributed by atoms with van der Waals surface area (Å²) in [5, 5.41) is 1.28. The second-order valence-corrected chi connectivity index (χ2v) is 7.00. The molecule has 0 radical (unpaired) electrons. The van der Waals surface area contributed by atoms with Crippen LogP contribution in [0.1, 0.15) is 27.2 Å². The van der Waals surface area contributed by atoms with Crippen LogP contribution >= 0.6 is 0 Å². The summed E-state index contributed by atoms with van der Waals surface area (Å²) in [6.07, 6.45) is 1.81. The molecule has 0 bridgehead atoms. The van der Waals surface area contributed by atoms with Gasteiger partial charge in [0.1, 0.15) is 0 Å². The number of carbonyl (C=O) groups is 1. The minimum absolute atomic E-state index is 0.0137. The summed E-state index contributed by atoms with van der Waals surface area (Å²) in [5.74, 6) is 0. The number of hydrogen-bond acceptors (Lipinski definition) is 5. The van der Waals surface area contributed by atoms with Gasteiger partial charge >= 0.3 is 6.03 Å². The van der Waals surface area contributed by atoms with E-state index in [9.17, 15) is 13.2 Å². The Kier molecular flexibility index (Phi) is 10.3. The van der Waals surface area contributed by atoms with Crippen molar-refractivity contribution in [3.05, 3.63) is 0 Å². The van der Waals surface area contributed by atoms with E-state index in [1.807, 2.05) is 20.8 Å². The Morgan fingerprint density at radius 1 is 1.23 bits per heavy atom. The van der Waals surface area contributed by atoms with Gasteiger partial charge < -0.3 is 9.64 Å². The molecule has 0 saturated heterocycles. The van der Waals surface area contributed by atoms with Gasteiger partial charge in [-0.1, -0.05) is 6.92 Å². The third-order valence-corrected chi connectivity index (χ3v) is 3.49. The minimum Gasteiger partial charge on any atom is -0.383 e. The number of carbonyl (C=O) groups excluding carboxylic acids is 1. The Morgan fingerprint density at radius 3 is 2.32 bits per heavy atom. The van der Waals surface area contributed by atoms with Crippen LogP contribution in [0.25, 0.3) is 0 Å². The second-order valence-electron chi connectivity index (χ2n) is 5.16. The predicted molar refractivity (Wildman–Crippen MR) is 84.9 cm³/mol. The molecule has 0 saturated carbocycles. The highest BCUT2D eigenvalue weighted by Gasteiger charge is 2.23. The van der Waals surface area contributed by atoms with Gasteiger partial charge in [0.15, 0.2) is 0 Å². The molecule has 22 heavy (non-hydrogen) atoms. The van der Waals surface area contributed by atoms with Crippen molar-refractivity contribution in [3.8, 4) is 0 Å².